The number of rotatable bonds is 4. The first-order chi connectivity index (χ1) is 12.9. The fraction of sp³-hybridized carbons (Fsp3) is 0.190. The smallest absolute Gasteiger partial charge is 0.257 e. The minimum Gasteiger partial charge on any atom is -0.321 e. The number of benzene rings is 3. The van der Waals surface area contributed by atoms with Crippen molar-refractivity contribution in [3.05, 3.63) is 71.3 Å². The molecule has 138 valence electrons. The van der Waals surface area contributed by atoms with Crippen molar-refractivity contribution >= 4 is 38.1 Å². The maximum atomic E-state index is 13.0. The zero-order valence-corrected chi connectivity index (χ0v) is 16.0. The molecule has 0 aliphatic heterocycles. The summed E-state index contributed by atoms with van der Waals surface area (Å²) in [5, 5.41) is 5.21. The van der Waals surface area contributed by atoms with Gasteiger partial charge in [0.05, 0.1) is 17.5 Å². The van der Waals surface area contributed by atoms with Crippen LogP contribution < -0.4 is 9.62 Å². The van der Waals surface area contributed by atoms with Gasteiger partial charge in [-0.25, -0.2) is 8.42 Å². The van der Waals surface area contributed by atoms with Crippen molar-refractivity contribution in [2.24, 2.45) is 0 Å². The molecule has 0 saturated heterocycles. The number of aryl methyl sites for hydroxylation is 2. The quantitative estimate of drug-likeness (QED) is 0.752. The first-order valence-corrected chi connectivity index (χ1v) is 10.6. The zero-order chi connectivity index (χ0) is 19.2. The van der Waals surface area contributed by atoms with Crippen LogP contribution in [0.4, 0.5) is 11.4 Å². The minimum atomic E-state index is -3.47. The summed E-state index contributed by atoms with van der Waals surface area (Å²) >= 11 is 0. The van der Waals surface area contributed by atoms with Crippen molar-refractivity contribution < 1.29 is 13.2 Å². The molecule has 0 unspecified atom stereocenters. The van der Waals surface area contributed by atoms with Gasteiger partial charge in [0.25, 0.3) is 5.91 Å². The molecule has 0 saturated carbocycles. The van der Waals surface area contributed by atoms with Crippen LogP contribution in [-0.2, 0) is 22.9 Å². The Bertz CT molecular complexity index is 1160. The monoisotopic (exact) mass is 380 g/mol. The van der Waals surface area contributed by atoms with E-state index in [1.807, 2.05) is 18.2 Å². The molecule has 5 nitrogen and oxygen atoms in total. The first-order valence-electron chi connectivity index (χ1n) is 8.74. The Balaban J connectivity index is 1.74. The lowest BCUT2D eigenvalue weighted by Gasteiger charge is -2.20. The average Bonchev–Trinajstić information content (AvgIpc) is 3.07. The van der Waals surface area contributed by atoms with E-state index in [1.54, 1.807) is 24.3 Å². The number of sulfonamides is 1. The maximum Gasteiger partial charge on any atom is 0.257 e. The van der Waals surface area contributed by atoms with Crippen LogP contribution in [-0.4, -0.2) is 27.6 Å². The summed E-state index contributed by atoms with van der Waals surface area (Å²) in [7, 11) is -2.02. The molecule has 4 rings (SSSR count). The molecule has 0 spiro atoms. The molecule has 3 aromatic rings. The molecular weight excluding hydrogens is 360 g/mol. The topological polar surface area (TPSA) is 66.5 Å². The molecule has 0 fully saturated rings. The van der Waals surface area contributed by atoms with Crippen molar-refractivity contribution in [2.45, 2.75) is 12.8 Å². The van der Waals surface area contributed by atoms with Crippen LogP contribution in [0, 0.1) is 0 Å². The molecule has 0 atom stereocenters. The van der Waals surface area contributed by atoms with Gasteiger partial charge in [-0.3, -0.25) is 9.10 Å². The van der Waals surface area contributed by atoms with Gasteiger partial charge in [0, 0.05) is 18.1 Å². The normalized spacial score (nSPS) is 13.0. The third kappa shape index (κ3) is 3.06. The molecule has 1 aliphatic rings. The molecule has 0 aromatic heterocycles. The second-order valence-electron chi connectivity index (χ2n) is 6.81. The molecule has 0 heterocycles. The van der Waals surface area contributed by atoms with E-state index in [2.05, 4.69) is 17.4 Å². The van der Waals surface area contributed by atoms with Crippen LogP contribution in [0.1, 0.15) is 21.5 Å². The highest BCUT2D eigenvalue weighted by Gasteiger charge is 2.21. The summed E-state index contributed by atoms with van der Waals surface area (Å²) in [4.78, 5) is 13.0. The number of amides is 1. The van der Waals surface area contributed by atoms with Crippen molar-refractivity contribution in [3.63, 3.8) is 0 Å². The van der Waals surface area contributed by atoms with Gasteiger partial charge in [-0.1, -0.05) is 36.4 Å². The van der Waals surface area contributed by atoms with Crippen LogP contribution >= 0.6 is 0 Å². The van der Waals surface area contributed by atoms with Crippen molar-refractivity contribution in [1.29, 1.82) is 0 Å². The number of hydrogen-bond acceptors (Lipinski definition) is 3. The van der Waals surface area contributed by atoms with Crippen molar-refractivity contribution in [1.82, 2.24) is 0 Å². The van der Waals surface area contributed by atoms with E-state index in [4.69, 9.17) is 0 Å². The molecule has 1 amide bonds. The van der Waals surface area contributed by atoms with Crippen molar-refractivity contribution in [3.8, 4) is 0 Å². The number of anilines is 2. The molecule has 3 aromatic carbocycles. The molecule has 0 bridgehead atoms. The Labute approximate surface area is 158 Å². The summed E-state index contributed by atoms with van der Waals surface area (Å²) in [6.07, 6.45) is 3.16. The highest BCUT2D eigenvalue weighted by Crippen LogP contribution is 2.35. The molecular formula is C21H20N2O3S. The van der Waals surface area contributed by atoms with Crippen LogP contribution in [0.2, 0.25) is 0 Å². The number of para-hydroxylation sites is 1. The lowest BCUT2D eigenvalue weighted by atomic mass is 10.0. The molecule has 6 heteroatoms. The van der Waals surface area contributed by atoms with E-state index in [-0.39, 0.29) is 5.91 Å². The summed E-state index contributed by atoms with van der Waals surface area (Å²) in [5.41, 5.74) is 4.00. The number of hydrogen-bond donors (Lipinski definition) is 1. The van der Waals surface area contributed by atoms with E-state index in [0.29, 0.717) is 11.3 Å². The van der Waals surface area contributed by atoms with Crippen LogP contribution in [0.25, 0.3) is 10.8 Å². The second-order valence-corrected chi connectivity index (χ2v) is 8.83. The Morgan fingerprint density at radius 1 is 0.963 bits per heavy atom. The summed E-state index contributed by atoms with van der Waals surface area (Å²) < 4.78 is 25.0. The van der Waals surface area contributed by atoms with Gasteiger partial charge in [-0.2, -0.15) is 0 Å². The van der Waals surface area contributed by atoms with Crippen molar-refractivity contribution in [2.75, 3.05) is 22.9 Å². The number of nitrogens with one attached hydrogen (secondary N) is 1. The fourth-order valence-electron chi connectivity index (χ4n) is 3.66. The molecule has 1 aliphatic carbocycles. The largest absolute Gasteiger partial charge is 0.321 e. The highest BCUT2D eigenvalue weighted by molar-refractivity contribution is 7.92. The zero-order valence-electron chi connectivity index (χ0n) is 15.2. The SMILES string of the molecule is CN(c1ccccc1C(=O)Nc1ccc2c3c(cccc13)CC2)S(C)(=O)=O. The van der Waals surface area contributed by atoms with Gasteiger partial charge in [0.15, 0.2) is 0 Å². The summed E-state index contributed by atoms with van der Waals surface area (Å²) in [5.74, 6) is -0.334. The average molecular weight is 380 g/mol. The number of carbonyl (C=O) groups is 1. The Morgan fingerprint density at radius 2 is 1.67 bits per heavy atom. The van der Waals surface area contributed by atoms with Gasteiger partial charge >= 0.3 is 0 Å². The van der Waals surface area contributed by atoms with Gasteiger partial charge in [-0.05, 0) is 47.6 Å². The van der Waals surface area contributed by atoms with E-state index in [0.717, 1.165) is 34.5 Å². The van der Waals surface area contributed by atoms with E-state index >= 15 is 0 Å². The predicted octanol–water partition coefficient (Wildman–Crippen LogP) is 3.59. The van der Waals surface area contributed by atoms with E-state index < -0.39 is 10.0 Å². The molecule has 0 radical (unpaired) electrons. The number of nitrogens with zero attached hydrogens (tertiary/aromatic N) is 1. The summed E-state index contributed by atoms with van der Waals surface area (Å²) in [6.45, 7) is 0. The fourth-order valence-corrected chi connectivity index (χ4v) is 4.18. The Morgan fingerprint density at radius 3 is 2.41 bits per heavy atom. The van der Waals surface area contributed by atoms with Gasteiger partial charge < -0.3 is 5.32 Å². The maximum absolute atomic E-state index is 13.0. The molecule has 27 heavy (non-hydrogen) atoms. The van der Waals surface area contributed by atoms with E-state index in [1.165, 1.54) is 23.6 Å². The van der Waals surface area contributed by atoms with Crippen LogP contribution in [0.5, 0.6) is 0 Å². The Kier molecular flexibility index (Phi) is 4.15. The summed E-state index contributed by atoms with van der Waals surface area (Å²) in [6, 6.07) is 16.8. The minimum absolute atomic E-state index is 0.314. The van der Waals surface area contributed by atoms with Crippen LogP contribution in [0.3, 0.4) is 0 Å². The standard InChI is InChI=1S/C21H20N2O3S/c1-23(27(2,25)26)19-9-4-3-7-17(19)21(24)22-18-13-12-15-11-10-14-6-5-8-16(18)20(14)15/h3-9,12-13H,10-11H2,1-2H3,(H,22,24). The Hall–Kier alpha value is -2.86. The first kappa shape index (κ1) is 17.5. The highest BCUT2D eigenvalue weighted by atomic mass is 32.2. The van der Waals surface area contributed by atoms with Gasteiger partial charge in [-0.15, -0.1) is 0 Å². The molecule has 1 N–H and O–H groups in total. The van der Waals surface area contributed by atoms with Gasteiger partial charge in [0.2, 0.25) is 10.0 Å². The number of carbonyl (C=O) groups excluding carboxylic acids is 1. The third-order valence-electron chi connectivity index (χ3n) is 5.11. The van der Waals surface area contributed by atoms with Gasteiger partial charge in [0.1, 0.15) is 0 Å². The lowest BCUT2D eigenvalue weighted by molar-refractivity contribution is 0.102. The second kappa shape index (κ2) is 6.39. The predicted molar refractivity (Wildman–Crippen MR) is 109 cm³/mol. The lowest BCUT2D eigenvalue weighted by Crippen LogP contribution is -2.27. The van der Waals surface area contributed by atoms with E-state index in [9.17, 15) is 13.2 Å². The van der Waals surface area contributed by atoms with Crippen LogP contribution in [0.15, 0.2) is 54.6 Å². The third-order valence-corrected chi connectivity index (χ3v) is 6.30.